The lowest BCUT2D eigenvalue weighted by Crippen LogP contribution is -2.56. The van der Waals surface area contributed by atoms with Crippen LogP contribution in [0.1, 0.15) is 46.1 Å². The van der Waals surface area contributed by atoms with Gasteiger partial charge in [0.1, 0.15) is 5.82 Å². The minimum Gasteiger partial charge on any atom is -0.391 e. The molecule has 1 aromatic carbocycles. The fraction of sp³-hybridized carbons (Fsp3) is 0.647. The number of hydrogen-bond donors (Lipinski definition) is 1. The van der Waals surface area contributed by atoms with E-state index in [1.54, 1.807) is 12.1 Å². The third-order valence-electron chi connectivity index (χ3n) is 4.65. The summed E-state index contributed by atoms with van der Waals surface area (Å²) in [5.41, 5.74) is 0.516. The molecule has 0 fully saturated rings. The molecule has 0 amide bonds. The number of nitrogens with zero attached hydrogens (tertiary/aromatic N) is 1. The third-order valence-corrected chi connectivity index (χ3v) is 4.96. The van der Waals surface area contributed by atoms with Gasteiger partial charge in [-0.2, -0.15) is 0 Å². The normalized spacial score (nSPS) is 13.7. The molecule has 0 saturated heterocycles. The molecule has 120 valence electrons. The monoisotopic (exact) mass is 315 g/mol. The highest BCUT2D eigenvalue weighted by atomic mass is 35.5. The van der Waals surface area contributed by atoms with E-state index >= 15 is 0 Å². The van der Waals surface area contributed by atoms with Crippen molar-refractivity contribution < 1.29 is 9.50 Å². The van der Waals surface area contributed by atoms with Crippen molar-refractivity contribution in [2.75, 3.05) is 13.1 Å². The van der Waals surface area contributed by atoms with Crippen LogP contribution in [0.15, 0.2) is 18.2 Å². The van der Waals surface area contributed by atoms with E-state index < -0.39 is 11.9 Å². The molecule has 0 heterocycles. The minimum absolute atomic E-state index is 0.120. The molecule has 1 N–H and O–H groups in total. The van der Waals surface area contributed by atoms with Gasteiger partial charge in [0.05, 0.1) is 11.1 Å². The zero-order valence-electron chi connectivity index (χ0n) is 13.5. The Hall–Kier alpha value is -0.640. The average Bonchev–Trinajstić information content (AvgIpc) is 2.48. The van der Waals surface area contributed by atoms with E-state index in [-0.39, 0.29) is 10.6 Å². The first-order valence-corrected chi connectivity index (χ1v) is 8.19. The summed E-state index contributed by atoms with van der Waals surface area (Å²) in [5, 5.41) is 10.9. The second kappa shape index (κ2) is 8.11. The first-order chi connectivity index (χ1) is 9.94. The Morgan fingerprint density at radius 1 is 1.19 bits per heavy atom. The molecule has 1 unspecified atom stereocenters. The molecule has 1 atom stereocenters. The standard InChI is InChI=1S/C17H27ClFNO/c1-5-17(6-2,20(7-3)8-4)16(21)12-13-9-10-14(18)15(19)11-13/h9-11,16,21H,5-8,12H2,1-4H3. The number of rotatable bonds is 8. The van der Waals surface area contributed by atoms with Crippen LogP contribution in [0, 0.1) is 5.82 Å². The Morgan fingerprint density at radius 3 is 2.19 bits per heavy atom. The predicted octanol–water partition coefficient (Wildman–Crippen LogP) is 4.28. The van der Waals surface area contributed by atoms with Crippen LogP contribution in [-0.2, 0) is 6.42 Å². The summed E-state index contributed by atoms with van der Waals surface area (Å²) in [6.07, 6.45) is 1.63. The number of aliphatic hydroxyl groups excluding tert-OH is 1. The van der Waals surface area contributed by atoms with Crippen LogP contribution < -0.4 is 0 Å². The Kier molecular flexibility index (Phi) is 7.11. The molecular weight excluding hydrogens is 289 g/mol. The Balaban J connectivity index is 3.00. The number of aliphatic hydroxyl groups is 1. The van der Waals surface area contributed by atoms with Gasteiger partial charge in [0.25, 0.3) is 0 Å². The van der Waals surface area contributed by atoms with E-state index in [0.29, 0.717) is 6.42 Å². The second-order valence-electron chi connectivity index (χ2n) is 5.45. The fourth-order valence-corrected chi connectivity index (χ4v) is 3.43. The maximum Gasteiger partial charge on any atom is 0.142 e. The van der Waals surface area contributed by atoms with Crippen LogP contribution in [0.25, 0.3) is 0 Å². The molecule has 2 nitrogen and oxygen atoms in total. The summed E-state index contributed by atoms with van der Waals surface area (Å²) in [4.78, 5) is 2.31. The van der Waals surface area contributed by atoms with Gasteiger partial charge >= 0.3 is 0 Å². The minimum atomic E-state index is -0.534. The van der Waals surface area contributed by atoms with Crippen molar-refractivity contribution in [1.29, 1.82) is 0 Å². The largest absolute Gasteiger partial charge is 0.391 e. The van der Waals surface area contributed by atoms with Crippen LogP contribution in [0.5, 0.6) is 0 Å². The molecule has 0 aliphatic heterocycles. The Bertz CT molecular complexity index is 444. The highest BCUT2D eigenvalue weighted by Gasteiger charge is 2.38. The van der Waals surface area contributed by atoms with Gasteiger partial charge in [0.15, 0.2) is 0 Å². The topological polar surface area (TPSA) is 23.5 Å². The van der Waals surface area contributed by atoms with Crippen molar-refractivity contribution in [3.63, 3.8) is 0 Å². The Morgan fingerprint density at radius 2 is 1.76 bits per heavy atom. The number of hydrogen-bond acceptors (Lipinski definition) is 2. The summed E-state index contributed by atoms with van der Waals surface area (Å²) >= 11 is 5.71. The quantitative estimate of drug-likeness (QED) is 0.774. The molecule has 0 spiro atoms. The van der Waals surface area contributed by atoms with Crippen LogP contribution in [0.2, 0.25) is 5.02 Å². The van der Waals surface area contributed by atoms with Crippen LogP contribution in [0.3, 0.4) is 0 Å². The lowest BCUT2D eigenvalue weighted by Gasteiger charge is -2.46. The molecule has 0 bridgehead atoms. The third kappa shape index (κ3) is 3.97. The van der Waals surface area contributed by atoms with Crippen molar-refractivity contribution in [2.24, 2.45) is 0 Å². The highest BCUT2D eigenvalue weighted by Crippen LogP contribution is 2.30. The summed E-state index contributed by atoms with van der Waals surface area (Å²) in [5.74, 6) is -0.428. The van der Waals surface area contributed by atoms with Crippen LogP contribution in [-0.4, -0.2) is 34.7 Å². The maximum atomic E-state index is 13.6. The van der Waals surface area contributed by atoms with Gasteiger partial charge in [-0.15, -0.1) is 0 Å². The predicted molar refractivity (Wildman–Crippen MR) is 87.4 cm³/mol. The van der Waals surface area contributed by atoms with Gasteiger partial charge in [-0.1, -0.05) is 45.4 Å². The highest BCUT2D eigenvalue weighted by molar-refractivity contribution is 6.30. The van der Waals surface area contributed by atoms with Crippen molar-refractivity contribution in [3.05, 3.63) is 34.6 Å². The van der Waals surface area contributed by atoms with Crippen molar-refractivity contribution >= 4 is 11.6 Å². The van der Waals surface area contributed by atoms with Crippen LogP contribution >= 0.6 is 11.6 Å². The van der Waals surface area contributed by atoms with Gasteiger partial charge in [-0.3, -0.25) is 4.90 Å². The Labute approximate surface area is 132 Å². The van der Waals surface area contributed by atoms with Gasteiger partial charge < -0.3 is 5.11 Å². The van der Waals surface area contributed by atoms with E-state index in [0.717, 1.165) is 31.5 Å². The first kappa shape index (κ1) is 18.4. The molecular formula is C17H27ClFNO. The summed E-state index contributed by atoms with van der Waals surface area (Å²) in [7, 11) is 0. The summed E-state index contributed by atoms with van der Waals surface area (Å²) < 4.78 is 13.6. The van der Waals surface area contributed by atoms with Crippen molar-refractivity contribution in [2.45, 2.75) is 58.6 Å². The first-order valence-electron chi connectivity index (χ1n) is 7.82. The molecule has 21 heavy (non-hydrogen) atoms. The van der Waals surface area contributed by atoms with Crippen molar-refractivity contribution in [1.82, 2.24) is 4.90 Å². The molecule has 0 aromatic heterocycles. The SMILES string of the molecule is CCN(CC)C(CC)(CC)C(O)Cc1ccc(Cl)c(F)c1. The second-order valence-corrected chi connectivity index (χ2v) is 5.86. The molecule has 0 aliphatic carbocycles. The molecule has 0 aliphatic rings. The van der Waals surface area contributed by atoms with E-state index in [9.17, 15) is 9.50 Å². The molecule has 4 heteroatoms. The molecule has 0 radical (unpaired) electrons. The number of halogens is 2. The average molecular weight is 316 g/mol. The summed E-state index contributed by atoms with van der Waals surface area (Å²) in [6.45, 7) is 10.2. The molecule has 0 saturated carbocycles. The zero-order valence-corrected chi connectivity index (χ0v) is 14.3. The van der Waals surface area contributed by atoms with Crippen LogP contribution in [0.4, 0.5) is 4.39 Å². The maximum absolute atomic E-state index is 13.6. The van der Waals surface area contributed by atoms with E-state index in [1.165, 1.54) is 6.07 Å². The molecule has 1 aromatic rings. The van der Waals surface area contributed by atoms with E-state index in [2.05, 4.69) is 32.6 Å². The smallest absolute Gasteiger partial charge is 0.142 e. The van der Waals surface area contributed by atoms with E-state index in [4.69, 9.17) is 11.6 Å². The van der Waals surface area contributed by atoms with Gasteiger partial charge in [0, 0.05) is 12.0 Å². The van der Waals surface area contributed by atoms with E-state index in [1.807, 2.05) is 0 Å². The number of likely N-dealkylation sites (N-methyl/N-ethyl adjacent to an activating group) is 1. The lowest BCUT2D eigenvalue weighted by molar-refractivity contribution is -0.0341. The van der Waals surface area contributed by atoms with Gasteiger partial charge in [-0.25, -0.2) is 4.39 Å². The fourth-order valence-electron chi connectivity index (χ4n) is 3.31. The van der Waals surface area contributed by atoms with Gasteiger partial charge in [-0.05, 0) is 43.6 Å². The lowest BCUT2D eigenvalue weighted by atomic mass is 9.81. The zero-order chi connectivity index (χ0) is 16.0. The summed E-state index contributed by atoms with van der Waals surface area (Å²) in [6, 6.07) is 4.76. The number of benzene rings is 1. The molecule has 1 rings (SSSR count). The van der Waals surface area contributed by atoms with Gasteiger partial charge in [0.2, 0.25) is 0 Å². The van der Waals surface area contributed by atoms with Crippen molar-refractivity contribution in [3.8, 4) is 0 Å².